The zero-order valence-corrected chi connectivity index (χ0v) is 30.1. The van der Waals surface area contributed by atoms with Gasteiger partial charge in [0.2, 0.25) is 29.5 Å². The highest BCUT2D eigenvalue weighted by Crippen LogP contribution is 2.25. The first-order chi connectivity index (χ1) is 23.8. The summed E-state index contributed by atoms with van der Waals surface area (Å²) in [7, 11) is 4.36. The van der Waals surface area contributed by atoms with E-state index in [-0.39, 0.29) is 50.8 Å². The molecule has 50 heavy (non-hydrogen) atoms. The highest BCUT2D eigenvalue weighted by molar-refractivity contribution is 7.09. The second-order valence-electron chi connectivity index (χ2n) is 12.9. The van der Waals surface area contributed by atoms with Crippen molar-refractivity contribution in [3.05, 3.63) is 52.1 Å². The molecule has 0 fully saturated rings. The number of benzene rings is 1. The molecule has 3 heterocycles. The number of nitrogens with one attached hydrogen (secondary N) is 4. The lowest BCUT2D eigenvalue weighted by molar-refractivity contribution is -0.141. The first-order valence-electron chi connectivity index (χ1n) is 16.4. The standard InChI is InChI=1S/C34H46N8O7S/c1-20(2)13-25-32-39-27(19-50-32)31(46)38-26(14-22-15-35-24-10-8-7-9-23(22)24)34(48)41(5)16-28(43)36-21(3)33(47)40(4)11-12-42(17-29(44)37-25)30(45)18-49-6/h7-10,15,19-21,25-26,35H,11-14,16-18H2,1-6H3,(H,36,43)(H,37,44)(H,38,46)/t21-,25-,26+/m0/s1. The van der Waals surface area contributed by atoms with E-state index in [1.807, 2.05) is 38.1 Å². The fraction of sp³-hybridized carbons (Fsp3) is 0.500. The molecule has 0 aliphatic carbocycles. The number of amides is 6. The number of methoxy groups -OCH3 is 1. The predicted octanol–water partition coefficient (Wildman–Crippen LogP) is 1.08. The van der Waals surface area contributed by atoms with Crippen molar-refractivity contribution in [1.82, 2.24) is 40.6 Å². The number of hydrogen-bond donors (Lipinski definition) is 4. The number of thiazole rings is 1. The fourth-order valence-corrected chi connectivity index (χ4v) is 6.60. The molecule has 270 valence electrons. The molecule has 15 nitrogen and oxygen atoms in total. The molecule has 0 saturated carbocycles. The van der Waals surface area contributed by atoms with Crippen LogP contribution in [0.4, 0.5) is 0 Å². The first kappa shape index (κ1) is 38.0. The third-order valence-corrected chi connectivity index (χ3v) is 9.30. The summed E-state index contributed by atoms with van der Waals surface area (Å²) in [4.78, 5) is 91.6. The summed E-state index contributed by atoms with van der Waals surface area (Å²) in [6, 6.07) is 5.02. The second kappa shape index (κ2) is 17.2. The number of aromatic amines is 1. The maximum absolute atomic E-state index is 13.9. The van der Waals surface area contributed by atoms with Crippen LogP contribution in [0.5, 0.6) is 0 Å². The first-order valence-corrected chi connectivity index (χ1v) is 17.3. The van der Waals surface area contributed by atoms with Gasteiger partial charge in [-0.25, -0.2) is 4.98 Å². The van der Waals surface area contributed by atoms with Crippen molar-refractivity contribution in [3.8, 4) is 0 Å². The van der Waals surface area contributed by atoms with Gasteiger partial charge in [0.1, 0.15) is 29.4 Å². The molecule has 4 N–H and O–H groups in total. The van der Waals surface area contributed by atoms with E-state index >= 15 is 0 Å². The molecule has 1 aliphatic rings. The minimum absolute atomic E-state index is 0.0317. The van der Waals surface area contributed by atoms with Gasteiger partial charge in [0.15, 0.2) is 0 Å². The minimum atomic E-state index is -1.06. The zero-order valence-electron chi connectivity index (χ0n) is 29.3. The minimum Gasteiger partial charge on any atom is -0.375 e. The average Bonchev–Trinajstić information content (AvgIpc) is 3.72. The third-order valence-electron chi connectivity index (χ3n) is 8.34. The number of para-hydroxylation sites is 1. The molecule has 3 aromatic rings. The number of carbonyl (C=O) groups excluding carboxylic acids is 6. The van der Waals surface area contributed by atoms with Crippen LogP contribution in [0, 0.1) is 5.92 Å². The van der Waals surface area contributed by atoms with E-state index in [0.29, 0.717) is 11.4 Å². The van der Waals surface area contributed by atoms with Crippen LogP contribution < -0.4 is 16.0 Å². The number of carbonyl (C=O) groups is 6. The Bertz CT molecular complexity index is 1700. The Balaban J connectivity index is 1.67. The van der Waals surface area contributed by atoms with Crippen LogP contribution >= 0.6 is 11.3 Å². The number of H-pyrrole nitrogens is 1. The maximum atomic E-state index is 13.9. The number of nitrogens with zero attached hydrogens (tertiary/aromatic N) is 4. The Morgan fingerprint density at radius 1 is 0.960 bits per heavy atom. The van der Waals surface area contributed by atoms with Crippen LogP contribution in [-0.2, 0) is 35.1 Å². The Kier molecular flexibility index (Phi) is 13.1. The van der Waals surface area contributed by atoms with Gasteiger partial charge in [-0.2, -0.15) is 0 Å². The molecule has 4 rings (SSSR count). The van der Waals surface area contributed by atoms with Crippen LogP contribution in [0.3, 0.4) is 0 Å². The van der Waals surface area contributed by atoms with Gasteiger partial charge < -0.3 is 40.4 Å². The summed E-state index contributed by atoms with van der Waals surface area (Å²) in [5.74, 6) is -2.85. The lowest BCUT2D eigenvalue weighted by Gasteiger charge is -2.28. The second-order valence-corrected chi connectivity index (χ2v) is 13.8. The molecule has 1 aromatic carbocycles. The molecular formula is C34H46N8O7S. The lowest BCUT2D eigenvalue weighted by atomic mass is 10.0. The molecule has 0 saturated heterocycles. The molecule has 0 unspecified atom stereocenters. The van der Waals surface area contributed by atoms with Gasteiger partial charge in [-0.1, -0.05) is 32.0 Å². The van der Waals surface area contributed by atoms with Crippen LogP contribution in [-0.4, -0.2) is 126 Å². The van der Waals surface area contributed by atoms with Crippen molar-refractivity contribution in [1.29, 1.82) is 0 Å². The smallest absolute Gasteiger partial charge is 0.271 e. The number of rotatable bonds is 6. The molecule has 2 bridgehead atoms. The zero-order chi connectivity index (χ0) is 36.5. The Morgan fingerprint density at radius 2 is 1.68 bits per heavy atom. The van der Waals surface area contributed by atoms with Crippen LogP contribution in [0.2, 0.25) is 0 Å². The van der Waals surface area contributed by atoms with Gasteiger partial charge in [-0.15, -0.1) is 11.3 Å². The van der Waals surface area contributed by atoms with Gasteiger partial charge >= 0.3 is 0 Å². The van der Waals surface area contributed by atoms with E-state index < -0.39 is 53.6 Å². The molecular weight excluding hydrogens is 664 g/mol. The number of aromatic nitrogens is 2. The van der Waals surface area contributed by atoms with Gasteiger partial charge in [0, 0.05) is 63.2 Å². The van der Waals surface area contributed by atoms with Crippen molar-refractivity contribution in [3.63, 3.8) is 0 Å². The number of hydrogen-bond acceptors (Lipinski definition) is 9. The molecule has 1 aliphatic heterocycles. The highest BCUT2D eigenvalue weighted by Gasteiger charge is 2.30. The van der Waals surface area contributed by atoms with Crippen LogP contribution in [0.25, 0.3) is 10.9 Å². The van der Waals surface area contributed by atoms with Crippen LogP contribution in [0.1, 0.15) is 54.3 Å². The van der Waals surface area contributed by atoms with Gasteiger partial charge in [0.05, 0.1) is 19.1 Å². The van der Waals surface area contributed by atoms with Crippen LogP contribution in [0.15, 0.2) is 35.8 Å². The Hall–Kier alpha value is -4.83. The summed E-state index contributed by atoms with van der Waals surface area (Å²) >= 11 is 1.20. The summed E-state index contributed by atoms with van der Waals surface area (Å²) in [6.07, 6.45) is 2.42. The SMILES string of the molecule is COCC(=O)N1CCN(C)C(=O)[C@H](C)NC(=O)CN(C)C(=O)[C@@H](Cc2c[nH]c3ccccc23)NC(=O)c2csc(n2)[C@H](CC(C)C)NC(=O)C1. The normalized spacial score (nSPS) is 20.8. The van der Waals surface area contributed by atoms with Crippen molar-refractivity contribution in [2.24, 2.45) is 5.92 Å². The molecule has 0 spiro atoms. The quantitative estimate of drug-likeness (QED) is 0.293. The largest absolute Gasteiger partial charge is 0.375 e. The highest BCUT2D eigenvalue weighted by atomic mass is 32.1. The van der Waals surface area contributed by atoms with Gasteiger partial charge in [-0.3, -0.25) is 28.8 Å². The third kappa shape index (κ3) is 9.88. The van der Waals surface area contributed by atoms with E-state index in [4.69, 9.17) is 4.74 Å². The van der Waals surface area contributed by atoms with E-state index in [1.165, 1.54) is 54.2 Å². The van der Waals surface area contributed by atoms with Gasteiger partial charge in [0.25, 0.3) is 5.91 Å². The molecule has 6 amide bonds. The Morgan fingerprint density at radius 3 is 2.40 bits per heavy atom. The fourth-order valence-electron chi connectivity index (χ4n) is 5.74. The van der Waals surface area contributed by atoms with E-state index in [9.17, 15) is 28.8 Å². The topological polar surface area (TPSA) is 186 Å². The number of ether oxygens (including phenoxy) is 1. The summed E-state index contributed by atoms with van der Waals surface area (Å²) in [6.45, 7) is 4.69. The van der Waals surface area contributed by atoms with E-state index in [1.54, 1.807) is 11.6 Å². The molecule has 2 aromatic heterocycles. The number of fused-ring (bicyclic) bond motifs is 3. The maximum Gasteiger partial charge on any atom is 0.271 e. The molecule has 3 atom stereocenters. The summed E-state index contributed by atoms with van der Waals surface area (Å²) in [5, 5.41) is 11.4. The molecule has 16 heteroatoms. The van der Waals surface area contributed by atoms with Crippen molar-refractivity contribution < 1.29 is 33.5 Å². The summed E-state index contributed by atoms with van der Waals surface area (Å²) in [5.41, 5.74) is 1.73. The van der Waals surface area contributed by atoms with Crippen molar-refractivity contribution >= 4 is 57.7 Å². The van der Waals surface area contributed by atoms with E-state index in [2.05, 4.69) is 25.9 Å². The predicted molar refractivity (Wildman–Crippen MR) is 187 cm³/mol. The average molecular weight is 711 g/mol. The number of likely N-dealkylation sites (N-methyl/N-ethyl adjacent to an activating group) is 2. The monoisotopic (exact) mass is 710 g/mol. The van der Waals surface area contributed by atoms with E-state index in [0.717, 1.165) is 16.5 Å². The Labute approximate surface area is 295 Å². The van der Waals surface area contributed by atoms with Crippen molar-refractivity contribution in [2.45, 2.75) is 51.7 Å². The van der Waals surface area contributed by atoms with Gasteiger partial charge in [-0.05, 0) is 30.9 Å². The lowest BCUT2D eigenvalue weighted by Crippen LogP contribution is -2.53. The van der Waals surface area contributed by atoms with Crippen molar-refractivity contribution in [2.75, 3.05) is 54.0 Å². The summed E-state index contributed by atoms with van der Waals surface area (Å²) < 4.78 is 5.01. The molecule has 0 radical (unpaired) electrons.